The molecule has 0 spiro atoms. The first-order valence-electron chi connectivity index (χ1n) is 7.58. The minimum atomic E-state index is -0.485. The maximum Gasteiger partial charge on any atom is 0.267 e. The van der Waals surface area contributed by atoms with Crippen LogP contribution in [0.25, 0.3) is 0 Å². The fraction of sp³-hybridized carbons (Fsp3) is 0.625. The maximum absolute atomic E-state index is 11.4. The van der Waals surface area contributed by atoms with Gasteiger partial charge in [-0.2, -0.15) is 0 Å². The SMILES string of the molecule is CO[C@]1(c2ccnc(C(N)=O)c2)[C@@H]2CCC[C@H]1CN(C)C2. The van der Waals surface area contributed by atoms with Gasteiger partial charge in [-0.15, -0.1) is 0 Å². The van der Waals surface area contributed by atoms with Crippen LogP contribution in [0.3, 0.4) is 0 Å². The van der Waals surface area contributed by atoms with Crippen molar-refractivity contribution in [2.45, 2.75) is 24.9 Å². The molecule has 0 aromatic carbocycles. The van der Waals surface area contributed by atoms with Crippen molar-refractivity contribution in [3.63, 3.8) is 0 Å². The Balaban J connectivity index is 2.07. The lowest BCUT2D eigenvalue weighted by Crippen LogP contribution is -2.58. The summed E-state index contributed by atoms with van der Waals surface area (Å²) in [6, 6.07) is 3.80. The molecule has 1 saturated carbocycles. The van der Waals surface area contributed by atoms with E-state index in [0.717, 1.165) is 31.5 Å². The molecule has 5 heteroatoms. The number of carbonyl (C=O) groups is 1. The molecule has 1 aromatic rings. The van der Waals surface area contributed by atoms with E-state index in [2.05, 4.69) is 16.9 Å². The lowest BCUT2D eigenvalue weighted by molar-refractivity contribution is -0.165. The van der Waals surface area contributed by atoms with Crippen LogP contribution in [0.15, 0.2) is 18.3 Å². The van der Waals surface area contributed by atoms with E-state index in [1.54, 1.807) is 13.3 Å². The Hall–Kier alpha value is -1.46. The number of amides is 1. The summed E-state index contributed by atoms with van der Waals surface area (Å²) in [4.78, 5) is 17.9. The number of pyridine rings is 1. The Bertz CT molecular complexity index is 532. The van der Waals surface area contributed by atoms with Gasteiger partial charge in [0.2, 0.25) is 0 Å². The van der Waals surface area contributed by atoms with Crippen molar-refractivity contribution >= 4 is 5.91 Å². The second-order valence-corrected chi connectivity index (χ2v) is 6.34. The number of hydrogen-bond acceptors (Lipinski definition) is 4. The molecule has 1 amide bonds. The van der Waals surface area contributed by atoms with Gasteiger partial charge in [-0.3, -0.25) is 9.78 Å². The quantitative estimate of drug-likeness (QED) is 0.913. The lowest BCUT2D eigenvalue weighted by atomic mass is 9.62. The van der Waals surface area contributed by atoms with Crippen LogP contribution in [0.2, 0.25) is 0 Å². The molecule has 1 aromatic heterocycles. The van der Waals surface area contributed by atoms with E-state index in [9.17, 15) is 4.79 Å². The van der Waals surface area contributed by atoms with Crippen LogP contribution in [0.5, 0.6) is 0 Å². The molecule has 1 saturated heterocycles. The lowest BCUT2D eigenvalue weighted by Gasteiger charge is -2.54. The van der Waals surface area contributed by atoms with Gasteiger partial charge in [0.15, 0.2) is 0 Å². The largest absolute Gasteiger partial charge is 0.373 e. The molecular formula is C16H23N3O2. The predicted octanol–water partition coefficient (Wildman–Crippen LogP) is 1.38. The molecule has 2 fully saturated rings. The summed E-state index contributed by atoms with van der Waals surface area (Å²) in [5.41, 5.74) is 6.45. The molecule has 0 radical (unpaired) electrons. The molecule has 2 bridgehead atoms. The third-order valence-electron chi connectivity index (χ3n) is 5.18. The zero-order valence-corrected chi connectivity index (χ0v) is 12.7. The Morgan fingerprint density at radius 1 is 1.43 bits per heavy atom. The molecule has 2 heterocycles. The van der Waals surface area contributed by atoms with E-state index in [-0.39, 0.29) is 5.60 Å². The number of rotatable bonds is 3. The summed E-state index contributed by atoms with van der Waals surface area (Å²) in [5.74, 6) is 0.410. The second kappa shape index (κ2) is 5.39. The van der Waals surface area contributed by atoms with E-state index >= 15 is 0 Å². The number of carbonyl (C=O) groups excluding carboxylic acids is 1. The van der Waals surface area contributed by atoms with Crippen molar-refractivity contribution in [3.05, 3.63) is 29.6 Å². The Morgan fingerprint density at radius 3 is 2.67 bits per heavy atom. The van der Waals surface area contributed by atoms with Crippen molar-refractivity contribution in [1.82, 2.24) is 9.88 Å². The number of ether oxygens (including phenoxy) is 1. The fourth-order valence-corrected chi connectivity index (χ4v) is 4.38. The number of aromatic nitrogens is 1. The zero-order chi connectivity index (χ0) is 15.0. The van der Waals surface area contributed by atoms with Gasteiger partial charge < -0.3 is 15.4 Å². The highest BCUT2D eigenvalue weighted by molar-refractivity contribution is 5.90. The van der Waals surface area contributed by atoms with Gasteiger partial charge in [-0.1, -0.05) is 6.42 Å². The van der Waals surface area contributed by atoms with Crippen LogP contribution in [0.4, 0.5) is 0 Å². The van der Waals surface area contributed by atoms with Crippen LogP contribution >= 0.6 is 0 Å². The first-order valence-corrected chi connectivity index (χ1v) is 7.58. The van der Waals surface area contributed by atoms with E-state index in [1.165, 1.54) is 6.42 Å². The molecule has 2 aliphatic rings. The van der Waals surface area contributed by atoms with Crippen LogP contribution in [0, 0.1) is 11.8 Å². The first-order chi connectivity index (χ1) is 10.1. The van der Waals surface area contributed by atoms with Crippen molar-refractivity contribution in [1.29, 1.82) is 0 Å². The van der Waals surface area contributed by atoms with Crippen LogP contribution in [-0.4, -0.2) is 43.0 Å². The summed E-state index contributed by atoms with van der Waals surface area (Å²) in [5, 5.41) is 0. The number of primary amides is 1. The van der Waals surface area contributed by atoms with Crippen molar-refractivity contribution in [2.75, 3.05) is 27.2 Å². The smallest absolute Gasteiger partial charge is 0.267 e. The van der Waals surface area contributed by atoms with Gasteiger partial charge in [0, 0.05) is 38.2 Å². The van der Waals surface area contributed by atoms with Crippen LogP contribution < -0.4 is 5.73 Å². The monoisotopic (exact) mass is 289 g/mol. The summed E-state index contributed by atoms with van der Waals surface area (Å²) < 4.78 is 6.11. The van der Waals surface area contributed by atoms with Crippen molar-refractivity contribution < 1.29 is 9.53 Å². The highest BCUT2D eigenvalue weighted by Gasteiger charge is 2.52. The van der Waals surface area contributed by atoms with Gasteiger partial charge >= 0.3 is 0 Å². The summed E-state index contributed by atoms with van der Waals surface area (Å²) >= 11 is 0. The number of likely N-dealkylation sites (tertiary alicyclic amines) is 1. The maximum atomic E-state index is 11.4. The van der Waals surface area contributed by atoms with Gasteiger partial charge in [-0.05, 0) is 37.6 Å². The minimum Gasteiger partial charge on any atom is -0.373 e. The number of piperidine rings is 1. The molecule has 1 aliphatic heterocycles. The second-order valence-electron chi connectivity index (χ2n) is 6.34. The van der Waals surface area contributed by atoms with Gasteiger partial charge in [0.05, 0.1) is 0 Å². The number of nitrogens with zero attached hydrogens (tertiary/aromatic N) is 2. The average Bonchev–Trinajstić information content (AvgIpc) is 2.46. The molecule has 3 rings (SSSR count). The van der Waals surface area contributed by atoms with Crippen LogP contribution in [0.1, 0.15) is 35.3 Å². The van der Waals surface area contributed by atoms with Crippen molar-refractivity contribution in [3.8, 4) is 0 Å². The standard InChI is InChI=1S/C16H23N3O2/c1-19-9-12-4-3-5-13(10-19)16(12,21-2)11-6-7-18-14(8-11)15(17)20/h6-8,12-13H,3-5,9-10H2,1-2H3,(H2,17,20)/t12-,13+,16-. The third-order valence-corrected chi connectivity index (χ3v) is 5.18. The Morgan fingerprint density at radius 2 is 2.10 bits per heavy atom. The zero-order valence-electron chi connectivity index (χ0n) is 12.7. The molecule has 5 nitrogen and oxygen atoms in total. The summed E-state index contributed by atoms with van der Waals surface area (Å²) in [7, 11) is 3.97. The van der Waals surface area contributed by atoms with Crippen molar-refractivity contribution in [2.24, 2.45) is 17.6 Å². The van der Waals surface area contributed by atoms with Gasteiger partial charge in [0.1, 0.15) is 11.3 Å². The molecule has 114 valence electrons. The van der Waals surface area contributed by atoms with E-state index in [0.29, 0.717) is 17.5 Å². The Kier molecular flexibility index (Phi) is 3.71. The highest BCUT2D eigenvalue weighted by Crippen LogP contribution is 2.51. The van der Waals surface area contributed by atoms with E-state index < -0.39 is 5.91 Å². The topological polar surface area (TPSA) is 68.5 Å². The van der Waals surface area contributed by atoms with Crippen LogP contribution in [-0.2, 0) is 10.3 Å². The first kappa shape index (κ1) is 14.5. The molecule has 21 heavy (non-hydrogen) atoms. The minimum absolute atomic E-state index is 0.308. The summed E-state index contributed by atoms with van der Waals surface area (Å²) in [6.07, 6.45) is 5.23. The van der Waals surface area contributed by atoms with E-state index in [1.807, 2.05) is 12.1 Å². The number of nitrogens with two attached hydrogens (primary N) is 1. The highest BCUT2D eigenvalue weighted by atomic mass is 16.5. The summed E-state index contributed by atoms with van der Waals surface area (Å²) in [6.45, 7) is 2.05. The molecule has 3 atom stereocenters. The number of fused-ring (bicyclic) bond motifs is 2. The number of methoxy groups -OCH3 is 1. The fourth-order valence-electron chi connectivity index (χ4n) is 4.38. The molecule has 0 unspecified atom stereocenters. The molecule has 1 aliphatic carbocycles. The van der Waals surface area contributed by atoms with Gasteiger partial charge in [0.25, 0.3) is 5.91 Å². The normalized spacial score (nSPS) is 32.9. The molecular weight excluding hydrogens is 266 g/mol. The Labute approximate surface area is 125 Å². The predicted molar refractivity (Wildman–Crippen MR) is 79.8 cm³/mol. The molecule has 2 N–H and O–H groups in total. The van der Waals surface area contributed by atoms with Gasteiger partial charge in [-0.25, -0.2) is 0 Å². The average molecular weight is 289 g/mol. The van der Waals surface area contributed by atoms with E-state index in [4.69, 9.17) is 10.5 Å². The number of hydrogen-bond donors (Lipinski definition) is 1. The third kappa shape index (κ3) is 2.24.